The Morgan fingerprint density at radius 3 is 2.46 bits per heavy atom. The van der Waals surface area contributed by atoms with Crippen LogP contribution in [0.2, 0.25) is 0 Å². The molecular formula is C21H26BrNO3. The Balaban J connectivity index is 1.96. The van der Waals surface area contributed by atoms with E-state index in [0.717, 1.165) is 15.8 Å². The minimum Gasteiger partial charge on any atom is -0.496 e. The highest BCUT2D eigenvalue weighted by molar-refractivity contribution is 9.10. The first-order chi connectivity index (χ1) is 12.2. The lowest BCUT2D eigenvalue weighted by Gasteiger charge is -2.20. The molecule has 1 atom stereocenters. The van der Waals surface area contributed by atoms with E-state index in [4.69, 9.17) is 9.47 Å². The van der Waals surface area contributed by atoms with Crippen molar-refractivity contribution in [3.63, 3.8) is 0 Å². The van der Waals surface area contributed by atoms with Gasteiger partial charge in [0, 0.05) is 5.56 Å². The molecule has 0 saturated heterocycles. The maximum Gasteiger partial charge on any atom is 0.258 e. The van der Waals surface area contributed by atoms with Crippen molar-refractivity contribution in [2.45, 2.75) is 39.2 Å². The molecule has 0 heterocycles. The summed E-state index contributed by atoms with van der Waals surface area (Å²) in [5, 5.41) is 2.94. The molecule has 26 heavy (non-hydrogen) atoms. The molecule has 1 unspecified atom stereocenters. The second-order valence-electron chi connectivity index (χ2n) is 7.22. The molecule has 0 aromatic heterocycles. The fraction of sp³-hybridized carbons (Fsp3) is 0.381. The third-order valence-corrected chi connectivity index (χ3v) is 4.76. The van der Waals surface area contributed by atoms with E-state index in [1.165, 1.54) is 5.56 Å². The van der Waals surface area contributed by atoms with Crippen LogP contribution in [0.25, 0.3) is 0 Å². The molecule has 4 nitrogen and oxygen atoms in total. The molecule has 2 aromatic rings. The molecule has 0 aliphatic heterocycles. The molecule has 1 amide bonds. The summed E-state index contributed by atoms with van der Waals surface area (Å²) >= 11 is 3.52. The van der Waals surface area contributed by atoms with Crippen LogP contribution in [0.5, 0.6) is 11.5 Å². The number of hydrogen-bond donors (Lipinski definition) is 1. The van der Waals surface area contributed by atoms with Crippen LogP contribution in [-0.4, -0.2) is 19.6 Å². The highest BCUT2D eigenvalue weighted by Crippen LogP contribution is 2.31. The standard InChI is InChI=1S/C21H26BrNO3/c1-14(16-8-6-7-9-18(16)25-5)23-20(24)13-26-19-11-10-15(12-17(19)22)21(2,3)4/h6-12,14H,13H2,1-5H3,(H,23,24). The fourth-order valence-corrected chi connectivity index (χ4v) is 3.11. The lowest BCUT2D eigenvalue weighted by Crippen LogP contribution is -2.31. The molecular weight excluding hydrogens is 394 g/mol. The number of nitrogens with one attached hydrogen (secondary N) is 1. The van der Waals surface area contributed by atoms with Crippen molar-refractivity contribution < 1.29 is 14.3 Å². The summed E-state index contributed by atoms with van der Waals surface area (Å²) in [6.07, 6.45) is 0. The monoisotopic (exact) mass is 419 g/mol. The van der Waals surface area contributed by atoms with Gasteiger partial charge >= 0.3 is 0 Å². The first kappa shape index (κ1) is 20.3. The van der Waals surface area contributed by atoms with Crippen LogP contribution in [0.4, 0.5) is 0 Å². The normalized spacial score (nSPS) is 12.4. The number of para-hydroxylation sites is 1. The molecule has 0 aliphatic carbocycles. The van der Waals surface area contributed by atoms with Crippen molar-refractivity contribution in [2.75, 3.05) is 13.7 Å². The van der Waals surface area contributed by atoms with Crippen molar-refractivity contribution in [1.29, 1.82) is 0 Å². The van der Waals surface area contributed by atoms with Gasteiger partial charge in [0.25, 0.3) is 5.91 Å². The molecule has 0 bridgehead atoms. The van der Waals surface area contributed by atoms with Gasteiger partial charge in [0.1, 0.15) is 11.5 Å². The summed E-state index contributed by atoms with van der Waals surface area (Å²) in [6, 6.07) is 13.4. The van der Waals surface area contributed by atoms with Gasteiger partial charge < -0.3 is 14.8 Å². The van der Waals surface area contributed by atoms with Crippen LogP contribution >= 0.6 is 15.9 Å². The summed E-state index contributed by atoms with van der Waals surface area (Å²) in [5.41, 5.74) is 2.19. The van der Waals surface area contributed by atoms with E-state index in [2.05, 4.69) is 42.0 Å². The molecule has 0 spiro atoms. The Hall–Kier alpha value is -2.01. The minimum absolute atomic E-state index is 0.0487. The van der Waals surface area contributed by atoms with Crippen molar-refractivity contribution in [3.8, 4) is 11.5 Å². The first-order valence-corrected chi connectivity index (χ1v) is 9.36. The van der Waals surface area contributed by atoms with Crippen molar-refractivity contribution in [2.24, 2.45) is 0 Å². The summed E-state index contributed by atoms with van der Waals surface area (Å²) < 4.78 is 11.9. The van der Waals surface area contributed by atoms with Gasteiger partial charge in [0.05, 0.1) is 17.6 Å². The molecule has 2 rings (SSSR count). The molecule has 1 N–H and O–H groups in total. The minimum atomic E-state index is -0.185. The van der Waals surface area contributed by atoms with Crippen LogP contribution < -0.4 is 14.8 Å². The molecule has 0 fully saturated rings. The van der Waals surface area contributed by atoms with Gasteiger partial charge in [-0.2, -0.15) is 0 Å². The highest BCUT2D eigenvalue weighted by atomic mass is 79.9. The number of benzene rings is 2. The van der Waals surface area contributed by atoms with Gasteiger partial charge in [-0.15, -0.1) is 0 Å². The Kier molecular flexibility index (Phi) is 6.70. The van der Waals surface area contributed by atoms with E-state index in [1.54, 1.807) is 7.11 Å². The zero-order chi connectivity index (χ0) is 19.3. The number of carbonyl (C=O) groups excluding carboxylic acids is 1. The molecule has 0 saturated carbocycles. The van der Waals surface area contributed by atoms with Crippen molar-refractivity contribution in [3.05, 3.63) is 58.1 Å². The fourth-order valence-electron chi connectivity index (χ4n) is 2.61. The number of hydrogen-bond acceptors (Lipinski definition) is 3. The zero-order valence-electron chi connectivity index (χ0n) is 15.9. The molecule has 0 radical (unpaired) electrons. The Morgan fingerprint density at radius 2 is 1.85 bits per heavy atom. The lowest BCUT2D eigenvalue weighted by atomic mass is 9.87. The molecule has 5 heteroatoms. The summed E-state index contributed by atoms with van der Waals surface area (Å²) in [6.45, 7) is 8.34. The van der Waals surface area contributed by atoms with Crippen LogP contribution in [0.1, 0.15) is 44.9 Å². The first-order valence-electron chi connectivity index (χ1n) is 8.57. The average molecular weight is 420 g/mol. The second kappa shape index (κ2) is 8.58. The van der Waals surface area contributed by atoms with Crippen LogP contribution in [0.15, 0.2) is 46.9 Å². The molecule has 0 aliphatic rings. The maximum absolute atomic E-state index is 12.2. The van der Waals surface area contributed by atoms with Crippen molar-refractivity contribution >= 4 is 21.8 Å². The van der Waals surface area contributed by atoms with E-state index in [-0.39, 0.29) is 24.0 Å². The Bertz CT molecular complexity index is 768. The van der Waals surface area contributed by atoms with Gasteiger partial charge in [0.15, 0.2) is 6.61 Å². The second-order valence-corrected chi connectivity index (χ2v) is 8.07. The maximum atomic E-state index is 12.2. The predicted octanol–water partition coefficient (Wildman–Crippen LogP) is 5.01. The average Bonchev–Trinajstić information content (AvgIpc) is 2.59. The smallest absolute Gasteiger partial charge is 0.258 e. The predicted molar refractivity (Wildman–Crippen MR) is 108 cm³/mol. The third-order valence-electron chi connectivity index (χ3n) is 4.14. The Morgan fingerprint density at radius 1 is 1.15 bits per heavy atom. The quantitative estimate of drug-likeness (QED) is 0.715. The number of rotatable bonds is 6. The van der Waals surface area contributed by atoms with Gasteiger partial charge in [-0.05, 0) is 52.0 Å². The van der Waals surface area contributed by atoms with Crippen LogP contribution in [-0.2, 0) is 10.2 Å². The molecule has 140 valence electrons. The van der Waals surface area contributed by atoms with Gasteiger partial charge in [-0.3, -0.25) is 4.79 Å². The summed E-state index contributed by atoms with van der Waals surface area (Å²) in [7, 11) is 1.62. The van der Waals surface area contributed by atoms with E-state index in [9.17, 15) is 4.79 Å². The summed E-state index contributed by atoms with van der Waals surface area (Å²) in [4.78, 5) is 12.2. The van der Waals surface area contributed by atoms with Crippen LogP contribution in [0.3, 0.4) is 0 Å². The van der Waals surface area contributed by atoms with Crippen LogP contribution in [0, 0.1) is 0 Å². The van der Waals surface area contributed by atoms with Gasteiger partial charge in [0.2, 0.25) is 0 Å². The number of methoxy groups -OCH3 is 1. The van der Waals surface area contributed by atoms with E-state index >= 15 is 0 Å². The zero-order valence-corrected chi connectivity index (χ0v) is 17.5. The van der Waals surface area contributed by atoms with Gasteiger partial charge in [-0.1, -0.05) is 45.0 Å². The number of halogens is 1. The number of amides is 1. The van der Waals surface area contributed by atoms with Crippen molar-refractivity contribution in [1.82, 2.24) is 5.32 Å². The third kappa shape index (κ3) is 5.24. The number of ether oxygens (including phenoxy) is 2. The SMILES string of the molecule is COc1ccccc1C(C)NC(=O)COc1ccc(C(C)(C)C)cc1Br. The Labute approximate surface area is 164 Å². The van der Waals surface area contributed by atoms with Gasteiger partial charge in [-0.25, -0.2) is 0 Å². The molecule has 2 aromatic carbocycles. The van der Waals surface area contributed by atoms with E-state index in [1.807, 2.05) is 49.4 Å². The topological polar surface area (TPSA) is 47.6 Å². The largest absolute Gasteiger partial charge is 0.496 e. The summed E-state index contributed by atoms with van der Waals surface area (Å²) in [5.74, 6) is 1.22. The van der Waals surface area contributed by atoms with E-state index < -0.39 is 0 Å². The number of carbonyl (C=O) groups is 1. The highest BCUT2D eigenvalue weighted by Gasteiger charge is 2.17. The van der Waals surface area contributed by atoms with E-state index in [0.29, 0.717) is 5.75 Å². The lowest BCUT2D eigenvalue weighted by molar-refractivity contribution is -0.123.